The van der Waals surface area contributed by atoms with Crippen LogP contribution < -0.4 is 0 Å². The van der Waals surface area contributed by atoms with Gasteiger partial charge in [0.05, 0.1) is 13.1 Å². The first-order valence-corrected chi connectivity index (χ1v) is 8.71. The third kappa shape index (κ3) is 4.20. The quantitative estimate of drug-likeness (QED) is 0.722. The van der Waals surface area contributed by atoms with E-state index in [0.717, 1.165) is 5.56 Å². The lowest BCUT2D eigenvalue weighted by Crippen LogP contribution is -2.63. The van der Waals surface area contributed by atoms with Crippen LogP contribution in [0.5, 0.6) is 0 Å². The molecule has 26 heavy (non-hydrogen) atoms. The number of pyridine rings is 1. The van der Waals surface area contributed by atoms with Crippen molar-refractivity contribution in [2.75, 3.05) is 19.7 Å². The Morgan fingerprint density at radius 3 is 2.54 bits per heavy atom. The summed E-state index contributed by atoms with van der Waals surface area (Å²) in [6.07, 6.45) is 1.15. The first-order chi connectivity index (χ1) is 12.5. The van der Waals surface area contributed by atoms with E-state index in [4.69, 9.17) is 14.6 Å². The zero-order chi connectivity index (χ0) is 18.6. The number of carboxylic acid groups (broad SMARTS) is 1. The van der Waals surface area contributed by atoms with E-state index in [1.54, 1.807) is 18.3 Å². The normalized spacial score (nSPS) is 15.2. The third-order valence-corrected chi connectivity index (χ3v) is 4.55. The molecule has 0 aliphatic carbocycles. The SMILES string of the molecule is O=C(O)COC1(c2ccc(Br)nc2)CN(C(=O)OCc2ccccc2)C1. The number of likely N-dealkylation sites (tertiary alicyclic amines) is 1. The average molecular weight is 421 g/mol. The predicted octanol–water partition coefficient (Wildman–Crippen LogP) is 2.79. The molecule has 7 nitrogen and oxygen atoms in total. The summed E-state index contributed by atoms with van der Waals surface area (Å²) in [6.45, 7) is 0.135. The van der Waals surface area contributed by atoms with Crippen molar-refractivity contribution in [1.29, 1.82) is 0 Å². The Labute approximate surface area is 158 Å². The van der Waals surface area contributed by atoms with Gasteiger partial charge >= 0.3 is 12.1 Å². The lowest BCUT2D eigenvalue weighted by atomic mass is 9.87. The van der Waals surface area contributed by atoms with Crippen molar-refractivity contribution >= 4 is 28.0 Å². The zero-order valence-electron chi connectivity index (χ0n) is 13.8. The van der Waals surface area contributed by atoms with E-state index in [1.165, 1.54) is 4.90 Å². The summed E-state index contributed by atoms with van der Waals surface area (Å²) in [5, 5.41) is 8.92. The minimum atomic E-state index is -1.07. The monoisotopic (exact) mass is 420 g/mol. The molecule has 1 aromatic heterocycles. The van der Waals surface area contributed by atoms with Gasteiger partial charge in [-0.2, -0.15) is 0 Å². The molecule has 8 heteroatoms. The van der Waals surface area contributed by atoms with Gasteiger partial charge in [-0.05, 0) is 27.6 Å². The van der Waals surface area contributed by atoms with Crippen LogP contribution in [0.1, 0.15) is 11.1 Å². The molecule has 1 fully saturated rings. The molecule has 1 aliphatic rings. The molecule has 0 saturated carbocycles. The molecule has 136 valence electrons. The number of rotatable bonds is 6. The van der Waals surface area contributed by atoms with Crippen molar-refractivity contribution in [2.24, 2.45) is 0 Å². The maximum atomic E-state index is 12.2. The number of benzene rings is 1. The fraction of sp³-hybridized carbons (Fsp3) is 0.278. The number of aromatic nitrogens is 1. The van der Waals surface area contributed by atoms with Crippen molar-refractivity contribution in [2.45, 2.75) is 12.2 Å². The van der Waals surface area contributed by atoms with Crippen LogP contribution in [0, 0.1) is 0 Å². The van der Waals surface area contributed by atoms with Gasteiger partial charge in [-0.25, -0.2) is 14.6 Å². The number of hydrogen-bond donors (Lipinski definition) is 1. The highest BCUT2D eigenvalue weighted by molar-refractivity contribution is 9.10. The summed E-state index contributed by atoms with van der Waals surface area (Å²) in [6, 6.07) is 12.9. The number of halogens is 1. The van der Waals surface area contributed by atoms with Crippen LogP contribution in [0.25, 0.3) is 0 Å². The van der Waals surface area contributed by atoms with Crippen molar-refractivity contribution < 1.29 is 24.2 Å². The Balaban J connectivity index is 1.63. The highest BCUT2D eigenvalue weighted by Gasteiger charge is 2.49. The van der Waals surface area contributed by atoms with Crippen LogP contribution >= 0.6 is 15.9 Å². The van der Waals surface area contributed by atoms with Crippen LogP contribution in [0.4, 0.5) is 4.79 Å². The predicted molar refractivity (Wildman–Crippen MR) is 95.4 cm³/mol. The van der Waals surface area contributed by atoms with Crippen LogP contribution in [0.3, 0.4) is 0 Å². The van der Waals surface area contributed by atoms with Gasteiger partial charge in [0.25, 0.3) is 0 Å². The van der Waals surface area contributed by atoms with Crippen LogP contribution in [0.2, 0.25) is 0 Å². The van der Waals surface area contributed by atoms with Crippen molar-refractivity contribution in [1.82, 2.24) is 9.88 Å². The van der Waals surface area contributed by atoms with Crippen molar-refractivity contribution in [3.63, 3.8) is 0 Å². The van der Waals surface area contributed by atoms with Crippen molar-refractivity contribution in [3.05, 3.63) is 64.4 Å². The molecule has 1 saturated heterocycles. The average Bonchev–Trinajstić information content (AvgIpc) is 2.61. The van der Waals surface area contributed by atoms with Crippen LogP contribution in [0.15, 0.2) is 53.3 Å². The van der Waals surface area contributed by atoms with Gasteiger partial charge < -0.3 is 19.5 Å². The van der Waals surface area contributed by atoms with Gasteiger partial charge in [0.1, 0.15) is 23.4 Å². The minimum absolute atomic E-state index is 0.180. The molecule has 0 bridgehead atoms. The lowest BCUT2D eigenvalue weighted by Gasteiger charge is -2.48. The number of carboxylic acids is 1. The number of nitrogens with zero attached hydrogens (tertiary/aromatic N) is 2. The van der Waals surface area contributed by atoms with E-state index >= 15 is 0 Å². The molecular weight excluding hydrogens is 404 g/mol. The van der Waals surface area contributed by atoms with Gasteiger partial charge in [0.2, 0.25) is 0 Å². The van der Waals surface area contributed by atoms with Gasteiger partial charge in [-0.3, -0.25) is 0 Å². The molecule has 0 radical (unpaired) electrons. The summed E-state index contributed by atoms with van der Waals surface area (Å²) < 4.78 is 11.6. The number of amides is 1. The molecule has 3 rings (SSSR count). The number of ether oxygens (including phenoxy) is 2. The number of carbonyl (C=O) groups is 2. The first-order valence-electron chi connectivity index (χ1n) is 7.92. The maximum Gasteiger partial charge on any atom is 0.410 e. The van der Waals surface area contributed by atoms with E-state index in [-0.39, 0.29) is 19.7 Å². The van der Waals surface area contributed by atoms with E-state index in [2.05, 4.69) is 20.9 Å². The van der Waals surface area contributed by atoms with Crippen LogP contribution in [-0.2, 0) is 26.5 Å². The Morgan fingerprint density at radius 2 is 1.92 bits per heavy atom. The Kier molecular flexibility index (Phi) is 5.53. The van der Waals surface area contributed by atoms with E-state index in [0.29, 0.717) is 10.2 Å². The molecule has 0 spiro atoms. The zero-order valence-corrected chi connectivity index (χ0v) is 15.4. The van der Waals surface area contributed by atoms with Crippen molar-refractivity contribution in [3.8, 4) is 0 Å². The van der Waals surface area contributed by atoms with Gasteiger partial charge in [-0.1, -0.05) is 36.4 Å². The fourth-order valence-corrected chi connectivity index (χ4v) is 2.95. The van der Waals surface area contributed by atoms with E-state index in [9.17, 15) is 9.59 Å². The largest absolute Gasteiger partial charge is 0.480 e. The van der Waals surface area contributed by atoms with Gasteiger partial charge in [0.15, 0.2) is 0 Å². The van der Waals surface area contributed by atoms with E-state index < -0.39 is 24.3 Å². The second-order valence-electron chi connectivity index (χ2n) is 5.94. The molecule has 0 unspecified atom stereocenters. The summed E-state index contributed by atoms with van der Waals surface area (Å²) in [5.74, 6) is -1.07. The fourth-order valence-electron chi connectivity index (χ4n) is 2.71. The molecule has 1 N–H and O–H groups in total. The summed E-state index contributed by atoms with van der Waals surface area (Å²) in [5.41, 5.74) is 0.721. The second-order valence-corrected chi connectivity index (χ2v) is 6.76. The maximum absolute atomic E-state index is 12.2. The topological polar surface area (TPSA) is 89.0 Å². The minimum Gasteiger partial charge on any atom is -0.480 e. The Morgan fingerprint density at radius 1 is 1.19 bits per heavy atom. The number of carbonyl (C=O) groups excluding carboxylic acids is 1. The van der Waals surface area contributed by atoms with Crippen LogP contribution in [-0.4, -0.2) is 46.7 Å². The Bertz CT molecular complexity index is 776. The summed E-state index contributed by atoms with van der Waals surface area (Å²) in [4.78, 5) is 28.7. The van der Waals surface area contributed by atoms with Gasteiger partial charge in [-0.15, -0.1) is 0 Å². The number of hydrogen-bond acceptors (Lipinski definition) is 5. The lowest BCUT2D eigenvalue weighted by molar-refractivity contribution is -0.168. The highest BCUT2D eigenvalue weighted by Crippen LogP contribution is 2.36. The summed E-state index contributed by atoms with van der Waals surface area (Å²) in [7, 11) is 0. The second kappa shape index (κ2) is 7.84. The molecule has 0 atom stereocenters. The summed E-state index contributed by atoms with van der Waals surface area (Å²) >= 11 is 3.26. The molecule has 1 aromatic carbocycles. The van der Waals surface area contributed by atoms with Gasteiger partial charge in [0, 0.05) is 11.8 Å². The third-order valence-electron chi connectivity index (χ3n) is 4.08. The molecule has 1 amide bonds. The highest BCUT2D eigenvalue weighted by atomic mass is 79.9. The molecule has 1 aliphatic heterocycles. The smallest absolute Gasteiger partial charge is 0.410 e. The molecule has 2 heterocycles. The number of aliphatic carboxylic acids is 1. The first kappa shape index (κ1) is 18.3. The molecule has 2 aromatic rings. The van der Waals surface area contributed by atoms with E-state index in [1.807, 2.05) is 30.3 Å². The molecular formula is C18H17BrN2O5. The Hall–Kier alpha value is -2.45. The standard InChI is InChI=1S/C18H17BrN2O5/c19-15-7-6-14(8-20-15)18(26-10-16(22)23)11-21(12-18)17(24)25-9-13-4-2-1-3-5-13/h1-8H,9-12H2,(H,22,23).